The Bertz CT molecular complexity index is 326. The Balaban J connectivity index is 2.30. The number of carbonyl (C=O) groups is 1. The molecule has 0 bridgehead atoms. The molecule has 0 fully saturated rings. The number of ether oxygens (including phenoxy) is 1. The molecule has 0 aliphatic carbocycles. The van der Waals surface area contributed by atoms with Gasteiger partial charge in [0.1, 0.15) is 12.3 Å². The first-order valence-electron chi connectivity index (χ1n) is 3.56. The number of hydrogen-bond donors (Lipinski definition) is 2. The van der Waals surface area contributed by atoms with Crippen LogP contribution in [-0.4, -0.2) is 12.5 Å². The molecule has 0 saturated carbocycles. The Kier molecular flexibility index (Phi) is 1.40. The van der Waals surface area contributed by atoms with Crippen molar-refractivity contribution in [2.45, 2.75) is 0 Å². The van der Waals surface area contributed by atoms with Crippen LogP contribution in [0.3, 0.4) is 0 Å². The predicted molar refractivity (Wildman–Crippen MR) is 42.5 cm³/mol. The van der Waals surface area contributed by atoms with Crippen LogP contribution >= 0.6 is 0 Å². The molecule has 62 valence electrons. The highest BCUT2D eigenvalue weighted by Crippen LogP contribution is 2.22. The van der Waals surface area contributed by atoms with Crippen LogP contribution < -0.4 is 11.1 Å². The molecule has 1 amide bonds. The maximum absolute atomic E-state index is 10.7. The van der Waals surface area contributed by atoms with Crippen LogP contribution in [0.4, 0.5) is 0 Å². The number of nitrogens with two attached hydrogens (primary N) is 1. The van der Waals surface area contributed by atoms with E-state index in [2.05, 4.69) is 5.32 Å². The van der Waals surface area contributed by atoms with Gasteiger partial charge in [-0.25, -0.2) is 0 Å². The van der Waals surface area contributed by atoms with E-state index in [1.54, 1.807) is 18.5 Å². The largest absolute Gasteiger partial charge is 0.496 e. The standard InChI is InChI=1S/C8H8N2O2/c9-8(11)7-1-5-3-12-4-6(5)2-10-7/h1-3,10H,4H2,(H2,9,11). The second-order valence-electron chi connectivity index (χ2n) is 2.62. The van der Waals surface area contributed by atoms with Crippen molar-refractivity contribution in [3.8, 4) is 0 Å². The zero-order chi connectivity index (χ0) is 8.55. The molecule has 0 radical (unpaired) electrons. The molecule has 0 aromatic heterocycles. The number of nitrogens with one attached hydrogen (secondary N) is 1. The minimum atomic E-state index is -0.460. The van der Waals surface area contributed by atoms with Crippen LogP contribution in [0.25, 0.3) is 0 Å². The lowest BCUT2D eigenvalue weighted by atomic mass is 10.1. The van der Waals surface area contributed by atoms with Crippen LogP contribution in [0.1, 0.15) is 0 Å². The molecule has 0 aromatic carbocycles. The van der Waals surface area contributed by atoms with E-state index in [0.29, 0.717) is 12.3 Å². The zero-order valence-electron chi connectivity index (χ0n) is 6.33. The molecule has 2 aliphatic heterocycles. The van der Waals surface area contributed by atoms with Crippen LogP contribution in [0.15, 0.2) is 35.4 Å². The number of rotatable bonds is 1. The summed E-state index contributed by atoms with van der Waals surface area (Å²) in [5.74, 6) is -0.460. The van der Waals surface area contributed by atoms with Gasteiger partial charge in [-0.2, -0.15) is 0 Å². The summed E-state index contributed by atoms with van der Waals surface area (Å²) in [6, 6.07) is 0. The van der Waals surface area contributed by atoms with E-state index in [1.165, 1.54) is 0 Å². The van der Waals surface area contributed by atoms with Gasteiger partial charge in [0.15, 0.2) is 0 Å². The number of allylic oxidation sites excluding steroid dienone is 1. The zero-order valence-corrected chi connectivity index (χ0v) is 6.33. The summed E-state index contributed by atoms with van der Waals surface area (Å²) >= 11 is 0. The number of fused-ring (bicyclic) bond motifs is 1. The van der Waals surface area contributed by atoms with Crippen molar-refractivity contribution in [3.63, 3.8) is 0 Å². The van der Waals surface area contributed by atoms with Crippen molar-refractivity contribution >= 4 is 5.91 Å². The maximum Gasteiger partial charge on any atom is 0.265 e. The Hall–Kier alpha value is -1.71. The van der Waals surface area contributed by atoms with Crippen molar-refractivity contribution in [2.24, 2.45) is 5.73 Å². The van der Waals surface area contributed by atoms with Crippen molar-refractivity contribution in [1.82, 2.24) is 5.32 Å². The highest BCUT2D eigenvalue weighted by atomic mass is 16.5. The predicted octanol–water partition coefficient (Wildman–Crippen LogP) is -0.243. The highest BCUT2D eigenvalue weighted by molar-refractivity contribution is 5.92. The second-order valence-corrected chi connectivity index (χ2v) is 2.62. The summed E-state index contributed by atoms with van der Waals surface area (Å²) in [6.45, 7) is 0.560. The molecular formula is C8H8N2O2. The van der Waals surface area contributed by atoms with Gasteiger partial charge < -0.3 is 15.8 Å². The lowest BCUT2D eigenvalue weighted by Crippen LogP contribution is -2.25. The molecular weight excluding hydrogens is 156 g/mol. The van der Waals surface area contributed by atoms with E-state index < -0.39 is 5.91 Å². The normalized spacial score (nSPS) is 19.5. The van der Waals surface area contributed by atoms with Gasteiger partial charge in [0.2, 0.25) is 0 Å². The van der Waals surface area contributed by atoms with Crippen LogP contribution in [-0.2, 0) is 9.53 Å². The number of primary amides is 1. The fourth-order valence-corrected chi connectivity index (χ4v) is 1.14. The third kappa shape index (κ3) is 0.972. The van der Waals surface area contributed by atoms with Gasteiger partial charge in [-0.3, -0.25) is 4.79 Å². The third-order valence-corrected chi connectivity index (χ3v) is 1.79. The second kappa shape index (κ2) is 2.41. The van der Waals surface area contributed by atoms with Gasteiger partial charge in [-0.15, -0.1) is 0 Å². The van der Waals surface area contributed by atoms with E-state index in [4.69, 9.17) is 10.5 Å². The summed E-state index contributed by atoms with van der Waals surface area (Å²) in [7, 11) is 0. The van der Waals surface area contributed by atoms with E-state index in [9.17, 15) is 4.79 Å². The molecule has 4 heteroatoms. The maximum atomic E-state index is 10.7. The number of amides is 1. The average molecular weight is 164 g/mol. The first kappa shape index (κ1) is 6.97. The molecule has 2 rings (SSSR count). The SMILES string of the molecule is NC(=O)C1=CC2=COCC2=CN1. The Morgan fingerprint density at radius 3 is 3.25 bits per heavy atom. The van der Waals surface area contributed by atoms with Gasteiger partial charge >= 0.3 is 0 Å². The fourth-order valence-electron chi connectivity index (χ4n) is 1.14. The van der Waals surface area contributed by atoms with Gasteiger partial charge in [-0.1, -0.05) is 0 Å². The van der Waals surface area contributed by atoms with Gasteiger partial charge in [-0.05, 0) is 6.08 Å². The van der Waals surface area contributed by atoms with Crippen molar-refractivity contribution in [3.05, 3.63) is 35.4 Å². The van der Waals surface area contributed by atoms with Crippen molar-refractivity contribution in [1.29, 1.82) is 0 Å². The summed E-state index contributed by atoms with van der Waals surface area (Å²) < 4.78 is 5.05. The Labute approximate surface area is 69.4 Å². The molecule has 0 unspecified atom stereocenters. The Morgan fingerprint density at radius 1 is 1.67 bits per heavy atom. The average Bonchev–Trinajstić information content (AvgIpc) is 2.49. The summed E-state index contributed by atoms with van der Waals surface area (Å²) in [6.07, 6.45) is 5.04. The molecule has 0 spiro atoms. The third-order valence-electron chi connectivity index (χ3n) is 1.79. The number of dihydropyridines is 1. The molecule has 12 heavy (non-hydrogen) atoms. The topological polar surface area (TPSA) is 64.4 Å². The lowest BCUT2D eigenvalue weighted by molar-refractivity contribution is -0.114. The molecule has 4 nitrogen and oxygen atoms in total. The molecule has 3 N–H and O–H groups in total. The fraction of sp³-hybridized carbons (Fsp3) is 0.125. The smallest absolute Gasteiger partial charge is 0.265 e. The first-order valence-corrected chi connectivity index (χ1v) is 3.56. The summed E-state index contributed by atoms with van der Waals surface area (Å²) in [4.78, 5) is 10.7. The minimum absolute atomic E-state index is 0.399. The first-order chi connectivity index (χ1) is 5.77. The van der Waals surface area contributed by atoms with Crippen molar-refractivity contribution < 1.29 is 9.53 Å². The monoisotopic (exact) mass is 164 g/mol. The molecule has 0 saturated heterocycles. The molecule has 0 atom stereocenters. The van der Waals surface area contributed by atoms with Crippen LogP contribution in [0.2, 0.25) is 0 Å². The molecule has 2 aliphatic rings. The van der Waals surface area contributed by atoms with Crippen LogP contribution in [0.5, 0.6) is 0 Å². The van der Waals surface area contributed by atoms with Gasteiger partial charge in [0, 0.05) is 17.3 Å². The lowest BCUT2D eigenvalue weighted by Gasteiger charge is -2.10. The molecule has 0 aromatic rings. The summed E-state index contributed by atoms with van der Waals surface area (Å²) in [5, 5.41) is 2.79. The van der Waals surface area contributed by atoms with E-state index >= 15 is 0 Å². The van der Waals surface area contributed by atoms with E-state index in [0.717, 1.165) is 11.1 Å². The number of carbonyl (C=O) groups excluding carboxylic acids is 1. The molecule has 2 heterocycles. The number of hydrogen-bond acceptors (Lipinski definition) is 3. The Morgan fingerprint density at radius 2 is 2.50 bits per heavy atom. The minimum Gasteiger partial charge on any atom is -0.496 e. The van der Waals surface area contributed by atoms with E-state index in [1.807, 2.05) is 0 Å². The summed E-state index contributed by atoms with van der Waals surface area (Å²) in [5.41, 5.74) is 7.44. The van der Waals surface area contributed by atoms with Crippen molar-refractivity contribution in [2.75, 3.05) is 6.61 Å². The van der Waals surface area contributed by atoms with Crippen LogP contribution in [0, 0.1) is 0 Å². The van der Waals surface area contributed by atoms with Gasteiger partial charge in [0.25, 0.3) is 5.91 Å². The quantitative estimate of drug-likeness (QED) is 0.562. The highest BCUT2D eigenvalue weighted by Gasteiger charge is 2.17. The van der Waals surface area contributed by atoms with E-state index in [-0.39, 0.29) is 0 Å². The van der Waals surface area contributed by atoms with Gasteiger partial charge in [0.05, 0.1) is 6.26 Å².